The van der Waals surface area contributed by atoms with Crippen LogP contribution in [0.15, 0.2) is 45.6 Å². The fourth-order valence-corrected chi connectivity index (χ4v) is 3.22. The average Bonchev–Trinajstić information content (AvgIpc) is 2.63. The standard InChI is InChI=1S/C18H16N2O5/c21-17-12-3-1-2-4-16(12)25-18-13(17)5-6-15(20(22)23)14(18)11-19-7-9-24-10-8-19/h1-6H,7-11H2. The van der Waals surface area contributed by atoms with E-state index in [0.29, 0.717) is 60.3 Å². The second kappa shape index (κ2) is 6.27. The summed E-state index contributed by atoms with van der Waals surface area (Å²) >= 11 is 0. The van der Waals surface area contributed by atoms with Gasteiger partial charge < -0.3 is 9.15 Å². The molecule has 0 aliphatic carbocycles. The van der Waals surface area contributed by atoms with Crippen molar-refractivity contribution < 1.29 is 14.1 Å². The average molecular weight is 340 g/mol. The molecule has 2 aromatic carbocycles. The summed E-state index contributed by atoms with van der Waals surface area (Å²) in [6.45, 7) is 2.89. The van der Waals surface area contributed by atoms with Crippen molar-refractivity contribution in [3.05, 3.63) is 62.3 Å². The van der Waals surface area contributed by atoms with Crippen molar-refractivity contribution in [2.75, 3.05) is 26.3 Å². The molecule has 1 aliphatic heterocycles. The number of benzene rings is 2. The Morgan fingerprint density at radius 2 is 1.84 bits per heavy atom. The van der Waals surface area contributed by atoms with Crippen LogP contribution in [0, 0.1) is 10.1 Å². The van der Waals surface area contributed by atoms with Crippen LogP contribution in [-0.2, 0) is 11.3 Å². The third kappa shape index (κ3) is 2.77. The van der Waals surface area contributed by atoms with E-state index in [1.807, 2.05) is 0 Å². The van der Waals surface area contributed by atoms with Gasteiger partial charge in [-0.1, -0.05) is 12.1 Å². The van der Waals surface area contributed by atoms with Gasteiger partial charge in [-0.2, -0.15) is 0 Å². The number of rotatable bonds is 3. The Labute approximate surface area is 142 Å². The van der Waals surface area contributed by atoms with Crippen LogP contribution in [0.25, 0.3) is 21.9 Å². The van der Waals surface area contributed by atoms with Crippen molar-refractivity contribution in [1.82, 2.24) is 4.90 Å². The number of nitro benzene ring substituents is 1. The molecule has 3 aromatic rings. The Hall–Kier alpha value is -2.77. The minimum Gasteiger partial charge on any atom is -0.455 e. The highest BCUT2D eigenvalue weighted by atomic mass is 16.6. The molecular formula is C18H16N2O5. The van der Waals surface area contributed by atoms with Crippen LogP contribution in [0.4, 0.5) is 5.69 Å². The highest BCUT2D eigenvalue weighted by Gasteiger charge is 2.24. The molecule has 1 aromatic heterocycles. The van der Waals surface area contributed by atoms with E-state index < -0.39 is 4.92 Å². The first-order chi connectivity index (χ1) is 12.1. The lowest BCUT2D eigenvalue weighted by Gasteiger charge is -2.26. The minimum absolute atomic E-state index is 0.0302. The molecule has 128 valence electrons. The molecule has 7 heteroatoms. The van der Waals surface area contributed by atoms with Gasteiger partial charge in [-0.25, -0.2) is 0 Å². The van der Waals surface area contributed by atoms with E-state index in [0.717, 1.165) is 0 Å². The summed E-state index contributed by atoms with van der Waals surface area (Å²) < 4.78 is 11.3. The zero-order valence-electron chi connectivity index (χ0n) is 13.4. The third-order valence-electron chi connectivity index (χ3n) is 4.51. The van der Waals surface area contributed by atoms with Gasteiger partial charge in [0, 0.05) is 25.7 Å². The quantitative estimate of drug-likeness (QED) is 0.414. The maximum Gasteiger partial charge on any atom is 0.277 e. The van der Waals surface area contributed by atoms with Crippen LogP contribution in [0.5, 0.6) is 0 Å². The summed E-state index contributed by atoms with van der Waals surface area (Å²) in [5, 5.41) is 12.3. The lowest BCUT2D eigenvalue weighted by molar-refractivity contribution is -0.385. The van der Waals surface area contributed by atoms with Gasteiger partial charge in [0.25, 0.3) is 5.69 Å². The summed E-state index contributed by atoms with van der Waals surface area (Å²) in [5.41, 5.74) is 0.966. The fourth-order valence-electron chi connectivity index (χ4n) is 3.22. The molecular weight excluding hydrogens is 324 g/mol. The monoisotopic (exact) mass is 340 g/mol. The molecule has 0 amide bonds. The molecule has 1 aliphatic rings. The molecule has 0 bridgehead atoms. The van der Waals surface area contributed by atoms with Crippen molar-refractivity contribution in [2.45, 2.75) is 6.54 Å². The number of hydrogen-bond acceptors (Lipinski definition) is 6. The van der Waals surface area contributed by atoms with Gasteiger partial charge in [0.05, 0.1) is 34.5 Å². The first-order valence-corrected chi connectivity index (χ1v) is 8.07. The van der Waals surface area contributed by atoms with E-state index in [1.165, 1.54) is 12.1 Å². The molecule has 0 atom stereocenters. The van der Waals surface area contributed by atoms with E-state index >= 15 is 0 Å². The molecule has 1 saturated heterocycles. The molecule has 4 rings (SSSR count). The summed E-state index contributed by atoms with van der Waals surface area (Å²) in [5.74, 6) is 0. The van der Waals surface area contributed by atoms with E-state index in [9.17, 15) is 14.9 Å². The summed E-state index contributed by atoms with van der Waals surface area (Å²) in [4.78, 5) is 25.9. The lowest BCUT2D eigenvalue weighted by Crippen LogP contribution is -2.35. The maximum absolute atomic E-state index is 12.8. The molecule has 0 spiro atoms. The van der Waals surface area contributed by atoms with Crippen molar-refractivity contribution >= 4 is 27.6 Å². The second-order valence-electron chi connectivity index (χ2n) is 6.01. The van der Waals surface area contributed by atoms with Crippen LogP contribution in [-0.4, -0.2) is 36.1 Å². The molecule has 7 nitrogen and oxygen atoms in total. The summed E-state index contributed by atoms with van der Waals surface area (Å²) in [6.07, 6.45) is 0. The molecule has 0 N–H and O–H groups in total. The Balaban J connectivity index is 1.97. The van der Waals surface area contributed by atoms with E-state index in [2.05, 4.69) is 4.90 Å². The molecule has 1 fully saturated rings. The number of hydrogen-bond donors (Lipinski definition) is 0. The van der Waals surface area contributed by atoms with E-state index in [1.54, 1.807) is 24.3 Å². The third-order valence-corrected chi connectivity index (χ3v) is 4.51. The van der Waals surface area contributed by atoms with E-state index in [4.69, 9.17) is 9.15 Å². The first kappa shape index (κ1) is 15.7. The van der Waals surface area contributed by atoms with Crippen LogP contribution in [0.1, 0.15) is 5.56 Å². The zero-order chi connectivity index (χ0) is 17.4. The molecule has 0 saturated carbocycles. The van der Waals surface area contributed by atoms with E-state index in [-0.39, 0.29) is 11.1 Å². The van der Waals surface area contributed by atoms with Gasteiger partial charge in [-0.15, -0.1) is 0 Å². The number of ether oxygens (including phenoxy) is 1. The van der Waals surface area contributed by atoms with Crippen LogP contribution < -0.4 is 5.43 Å². The number of fused-ring (bicyclic) bond motifs is 2. The Bertz CT molecular complexity index is 1020. The van der Waals surface area contributed by atoms with Gasteiger partial charge in [0.1, 0.15) is 11.2 Å². The summed E-state index contributed by atoms with van der Waals surface area (Å²) in [7, 11) is 0. The molecule has 25 heavy (non-hydrogen) atoms. The Kier molecular flexibility index (Phi) is 3.95. The molecule has 2 heterocycles. The van der Waals surface area contributed by atoms with Crippen molar-refractivity contribution in [2.24, 2.45) is 0 Å². The zero-order valence-corrected chi connectivity index (χ0v) is 13.4. The smallest absolute Gasteiger partial charge is 0.277 e. The number of morpholine rings is 1. The SMILES string of the molecule is O=c1c2ccccc2oc2c(CN3CCOCC3)c([N+](=O)[O-])ccc12. The van der Waals surface area contributed by atoms with Crippen molar-refractivity contribution in [1.29, 1.82) is 0 Å². The molecule has 0 unspecified atom stereocenters. The number of nitro groups is 1. The maximum atomic E-state index is 12.8. The van der Waals surface area contributed by atoms with Gasteiger partial charge in [-0.05, 0) is 18.2 Å². The van der Waals surface area contributed by atoms with Gasteiger partial charge >= 0.3 is 0 Å². The number of nitrogens with zero attached hydrogens (tertiary/aromatic N) is 2. The minimum atomic E-state index is -0.426. The van der Waals surface area contributed by atoms with Gasteiger partial charge in [0.2, 0.25) is 5.43 Å². The predicted molar refractivity (Wildman–Crippen MR) is 92.7 cm³/mol. The van der Waals surface area contributed by atoms with Crippen LogP contribution in [0.3, 0.4) is 0 Å². The topological polar surface area (TPSA) is 85.8 Å². The Morgan fingerprint density at radius 3 is 2.60 bits per heavy atom. The van der Waals surface area contributed by atoms with Crippen LogP contribution in [0.2, 0.25) is 0 Å². The second-order valence-corrected chi connectivity index (χ2v) is 6.01. The fraction of sp³-hybridized carbons (Fsp3) is 0.278. The number of para-hydroxylation sites is 1. The normalized spacial score (nSPS) is 15.7. The Morgan fingerprint density at radius 1 is 1.08 bits per heavy atom. The predicted octanol–water partition coefficient (Wildman–Crippen LogP) is 2.69. The first-order valence-electron chi connectivity index (χ1n) is 8.07. The van der Waals surface area contributed by atoms with Gasteiger partial charge in [-0.3, -0.25) is 19.8 Å². The lowest BCUT2D eigenvalue weighted by atomic mass is 10.1. The highest BCUT2D eigenvalue weighted by Crippen LogP contribution is 2.30. The highest BCUT2D eigenvalue weighted by molar-refractivity contribution is 5.92. The summed E-state index contributed by atoms with van der Waals surface area (Å²) in [6, 6.07) is 9.82. The van der Waals surface area contributed by atoms with Gasteiger partial charge in [0.15, 0.2) is 0 Å². The molecule has 0 radical (unpaired) electrons. The van der Waals surface area contributed by atoms with Crippen LogP contribution >= 0.6 is 0 Å². The largest absolute Gasteiger partial charge is 0.455 e. The van der Waals surface area contributed by atoms with Crippen molar-refractivity contribution in [3.63, 3.8) is 0 Å². The van der Waals surface area contributed by atoms with Crippen molar-refractivity contribution in [3.8, 4) is 0 Å².